The topological polar surface area (TPSA) is 39.1 Å². The smallest absolute Gasteiger partial charge is 0.0692 e. The molecule has 0 aliphatic rings. The van der Waals surface area contributed by atoms with Gasteiger partial charge in [-0.2, -0.15) is 5.10 Å². The summed E-state index contributed by atoms with van der Waals surface area (Å²) in [5, 5.41) is 7.84. The van der Waals surface area contributed by atoms with Gasteiger partial charge in [0.05, 0.1) is 22.4 Å². The molecule has 17 heavy (non-hydrogen) atoms. The van der Waals surface area contributed by atoms with Crippen LogP contribution < -0.4 is 5.32 Å². The highest BCUT2D eigenvalue weighted by Gasteiger charge is 2.17. The van der Waals surface area contributed by atoms with Gasteiger partial charge < -0.3 is 10.1 Å². The molecule has 0 aliphatic heterocycles. The lowest BCUT2D eigenvalue weighted by Gasteiger charge is -2.19. The zero-order valence-corrected chi connectivity index (χ0v) is 12.5. The molecule has 0 radical (unpaired) electrons. The average molecular weight is 304 g/mol. The van der Waals surface area contributed by atoms with Gasteiger partial charge in [0.1, 0.15) is 0 Å². The first-order valence-electron chi connectivity index (χ1n) is 6.10. The largest absolute Gasteiger partial charge is 0.385 e. The zero-order valence-electron chi connectivity index (χ0n) is 10.9. The third-order valence-electron chi connectivity index (χ3n) is 2.75. The van der Waals surface area contributed by atoms with Crippen molar-refractivity contribution in [2.75, 3.05) is 20.3 Å². The van der Waals surface area contributed by atoms with Gasteiger partial charge in [0.2, 0.25) is 0 Å². The van der Waals surface area contributed by atoms with Crippen molar-refractivity contribution in [2.45, 2.75) is 32.2 Å². The number of halogens is 1. The van der Waals surface area contributed by atoms with Crippen molar-refractivity contribution in [3.63, 3.8) is 0 Å². The van der Waals surface area contributed by atoms with E-state index in [1.165, 1.54) is 5.69 Å². The maximum absolute atomic E-state index is 5.11. The summed E-state index contributed by atoms with van der Waals surface area (Å²) in [6, 6.07) is 0.340. The van der Waals surface area contributed by atoms with E-state index < -0.39 is 0 Å². The van der Waals surface area contributed by atoms with E-state index in [1.807, 2.05) is 17.9 Å². The van der Waals surface area contributed by atoms with Crippen molar-refractivity contribution < 1.29 is 4.74 Å². The summed E-state index contributed by atoms with van der Waals surface area (Å²) in [7, 11) is 3.73. The van der Waals surface area contributed by atoms with Crippen molar-refractivity contribution in [3.05, 3.63) is 16.4 Å². The van der Waals surface area contributed by atoms with Crippen LogP contribution in [0.3, 0.4) is 0 Å². The predicted molar refractivity (Wildman–Crippen MR) is 73.1 cm³/mol. The van der Waals surface area contributed by atoms with Crippen LogP contribution in [-0.4, -0.2) is 30.0 Å². The van der Waals surface area contributed by atoms with E-state index in [-0.39, 0.29) is 0 Å². The second-order valence-corrected chi connectivity index (χ2v) is 5.00. The molecule has 4 nitrogen and oxygen atoms in total. The maximum Gasteiger partial charge on any atom is 0.0692 e. The molecule has 1 aromatic rings. The Bertz CT molecular complexity index is 308. The van der Waals surface area contributed by atoms with Crippen molar-refractivity contribution in [1.82, 2.24) is 15.1 Å². The fourth-order valence-corrected chi connectivity index (χ4v) is 2.52. The van der Waals surface area contributed by atoms with E-state index in [4.69, 9.17) is 4.74 Å². The first-order chi connectivity index (χ1) is 8.20. The van der Waals surface area contributed by atoms with Gasteiger partial charge in [0.15, 0.2) is 0 Å². The minimum absolute atomic E-state index is 0.340. The van der Waals surface area contributed by atoms with Crippen LogP contribution in [0.5, 0.6) is 0 Å². The first-order valence-corrected chi connectivity index (χ1v) is 6.89. The van der Waals surface area contributed by atoms with Crippen LogP contribution in [0.25, 0.3) is 0 Å². The number of hydrogen-bond acceptors (Lipinski definition) is 3. The number of methoxy groups -OCH3 is 1. The van der Waals surface area contributed by atoms with Gasteiger partial charge in [0, 0.05) is 20.8 Å². The molecule has 0 spiro atoms. The Labute approximate surface area is 112 Å². The molecule has 1 atom stereocenters. The molecule has 1 unspecified atom stereocenters. The van der Waals surface area contributed by atoms with E-state index in [0.717, 1.165) is 36.9 Å². The van der Waals surface area contributed by atoms with E-state index in [9.17, 15) is 0 Å². The van der Waals surface area contributed by atoms with Crippen LogP contribution in [0, 0.1) is 0 Å². The minimum atomic E-state index is 0.340. The standard InChI is InChI=1S/C12H22BrN3O/c1-4-7-14-11(6-5-8-17-3)12-10(13)9-15-16(12)2/h9,11,14H,4-8H2,1-3H3. The highest BCUT2D eigenvalue weighted by molar-refractivity contribution is 9.10. The highest BCUT2D eigenvalue weighted by atomic mass is 79.9. The second-order valence-electron chi connectivity index (χ2n) is 4.14. The van der Waals surface area contributed by atoms with Gasteiger partial charge >= 0.3 is 0 Å². The summed E-state index contributed by atoms with van der Waals surface area (Å²) in [6.07, 6.45) is 5.10. The Kier molecular flexibility index (Phi) is 6.77. The number of ether oxygens (including phenoxy) is 1. The molecule has 0 amide bonds. The van der Waals surface area contributed by atoms with Crippen LogP contribution in [0.2, 0.25) is 0 Å². The second kappa shape index (κ2) is 7.84. The quantitative estimate of drug-likeness (QED) is 0.751. The van der Waals surface area contributed by atoms with Gasteiger partial charge in [-0.3, -0.25) is 4.68 Å². The molecule has 0 fully saturated rings. The Morgan fingerprint density at radius 1 is 1.59 bits per heavy atom. The molecule has 5 heteroatoms. The molecular weight excluding hydrogens is 282 g/mol. The van der Waals surface area contributed by atoms with Crippen LogP contribution in [-0.2, 0) is 11.8 Å². The molecular formula is C12H22BrN3O. The molecule has 1 N–H and O–H groups in total. The summed E-state index contributed by atoms with van der Waals surface area (Å²) in [5.74, 6) is 0. The Balaban J connectivity index is 2.67. The van der Waals surface area contributed by atoms with Crippen LogP contribution >= 0.6 is 15.9 Å². The zero-order chi connectivity index (χ0) is 12.7. The number of nitrogens with one attached hydrogen (secondary N) is 1. The van der Waals surface area contributed by atoms with Gasteiger partial charge in [-0.25, -0.2) is 0 Å². The van der Waals surface area contributed by atoms with E-state index in [1.54, 1.807) is 7.11 Å². The van der Waals surface area contributed by atoms with Gasteiger partial charge in [-0.1, -0.05) is 6.92 Å². The number of aromatic nitrogens is 2. The molecule has 1 heterocycles. The van der Waals surface area contributed by atoms with Gasteiger partial charge in [-0.05, 0) is 41.7 Å². The third-order valence-corrected chi connectivity index (χ3v) is 3.36. The van der Waals surface area contributed by atoms with E-state index >= 15 is 0 Å². The summed E-state index contributed by atoms with van der Waals surface area (Å²) in [5.41, 5.74) is 1.22. The minimum Gasteiger partial charge on any atom is -0.385 e. The Morgan fingerprint density at radius 2 is 2.35 bits per heavy atom. The van der Waals surface area contributed by atoms with Crippen molar-refractivity contribution in [1.29, 1.82) is 0 Å². The van der Waals surface area contributed by atoms with Crippen molar-refractivity contribution in [3.8, 4) is 0 Å². The summed E-state index contributed by atoms with van der Waals surface area (Å²) in [4.78, 5) is 0. The molecule has 0 aromatic carbocycles. The van der Waals surface area contributed by atoms with Crippen LogP contribution in [0.15, 0.2) is 10.7 Å². The average Bonchev–Trinajstić information content (AvgIpc) is 2.64. The van der Waals surface area contributed by atoms with E-state index in [2.05, 4.69) is 33.3 Å². The Morgan fingerprint density at radius 3 is 2.88 bits per heavy atom. The molecule has 1 aromatic heterocycles. The maximum atomic E-state index is 5.11. The molecule has 98 valence electrons. The fourth-order valence-electron chi connectivity index (χ4n) is 1.90. The third kappa shape index (κ3) is 4.41. The molecule has 0 aliphatic carbocycles. The highest BCUT2D eigenvalue weighted by Crippen LogP contribution is 2.25. The monoisotopic (exact) mass is 303 g/mol. The molecule has 0 bridgehead atoms. The lowest BCUT2D eigenvalue weighted by atomic mass is 10.1. The SMILES string of the molecule is CCCNC(CCCOC)c1c(Br)cnn1C. The fraction of sp³-hybridized carbons (Fsp3) is 0.750. The number of aryl methyl sites for hydroxylation is 1. The van der Waals surface area contributed by atoms with E-state index in [0.29, 0.717) is 6.04 Å². The molecule has 0 saturated carbocycles. The number of hydrogen-bond donors (Lipinski definition) is 1. The Hall–Kier alpha value is -0.390. The summed E-state index contributed by atoms with van der Waals surface area (Å²) in [6.45, 7) is 4.01. The number of nitrogens with zero attached hydrogens (tertiary/aromatic N) is 2. The van der Waals surface area contributed by atoms with Crippen LogP contribution in [0.1, 0.15) is 37.9 Å². The lowest BCUT2D eigenvalue weighted by Crippen LogP contribution is -2.25. The van der Waals surface area contributed by atoms with Crippen molar-refractivity contribution >= 4 is 15.9 Å². The predicted octanol–water partition coefficient (Wildman–Crippen LogP) is 2.65. The van der Waals surface area contributed by atoms with Crippen LogP contribution in [0.4, 0.5) is 0 Å². The van der Waals surface area contributed by atoms with Crippen molar-refractivity contribution in [2.24, 2.45) is 7.05 Å². The molecule has 0 saturated heterocycles. The summed E-state index contributed by atoms with van der Waals surface area (Å²) < 4.78 is 8.12. The van der Waals surface area contributed by atoms with Gasteiger partial charge in [-0.15, -0.1) is 0 Å². The number of rotatable bonds is 8. The first kappa shape index (κ1) is 14.7. The normalized spacial score (nSPS) is 12.9. The lowest BCUT2D eigenvalue weighted by molar-refractivity contribution is 0.188. The molecule has 1 rings (SSSR count). The summed E-state index contributed by atoms with van der Waals surface area (Å²) >= 11 is 3.56. The van der Waals surface area contributed by atoms with Gasteiger partial charge in [0.25, 0.3) is 0 Å².